The van der Waals surface area contributed by atoms with Crippen molar-refractivity contribution in [3.63, 3.8) is 0 Å². The Morgan fingerprint density at radius 3 is 2.03 bits per heavy atom. The lowest BCUT2D eigenvalue weighted by atomic mass is 10.0. The highest BCUT2D eigenvalue weighted by Crippen LogP contribution is 2.28. The van der Waals surface area contributed by atoms with Gasteiger partial charge in [-0.3, -0.25) is 9.80 Å². The number of amides is 1. The molecule has 0 spiro atoms. The van der Waals surface area contributed by atoms with Gasteiger partial charge in [0.2, 0.25) is 0 Å². The Hall–Kier alpha value is -2.59. The van der Waals surface area contributed by atoms with Crippen LogP contribution in [0.25, 0.3) is 0 Å². The molecule has 30 heavy (non-hydrogen) atoms. The van der Waals surface area contributed by atoms with E-state index in [1.54, 1.807) is 4.90 Å². The highest BCUT2D eigenvalue weighted by atomic mass is 16.6. The second-order valence-electron chi connectivity index (χ2n) is 9.01. The summed E-state index contributed by atoms with van der Waals surface area (Å²) in [6.07, 6.45) is 2.71. The Bertz CT molecular complexity index is 786. The molecule has 0 radical (unpaired) electrons. The van der Waals surface area contributed by atoms with E-state index < -0.39 is 5.60 Å². The standard InChI is InChI=1S/C26H34N2O2/c1-21-24(17-11-12-18-28(21)25(29)30-26(2,3)4)27(19-22-13-7-5-8-14-22)20-23-15-9-6-10-16-23/h5-10,13-16,24H,1,11-12,17-20H2,2-4H3/t24-/m1/s1. The highest BCUT2D eigenvalue weighted by molar-refractivity contribution is 5.70. The van der Waals surface area contributed by atoms with Crippen molar-refractivity contribution in [2.45, 2.75) is 64.8 Å². The molecule has 3 rings (SSSR count). The van der Waals surface area contributed by atoms with Crippen LogP contribution in [0.15, 0.2) is 72.9 Å². The number of benzene rings is 2. The second-order valence-corrected chi connectivity index (χ2v) is 9.01. The average molecular weight is 407 g/mol. The summed E-state index contributed by atoms with van der Waals surface area (Å²) in [6, 6.07) is 21.1. The van der Waals surface area contributed by atoms with Gasteiger partial charge in [0.15, 0.2) is 0 Å². The predicted octanol–water partition coefficient (Wildman–Crippen LogP) is 5.99. The Labute approximate surface area is 181 Å². The molecule has 2 aromatic carbocycles. The fourth-order valence-electron chi connectivity index (χ4n) is 3.93. The molecule has 0 N–H and O–H groups in total. The summed E-state index contributed by atoms with van der Waals surface area (Å²) in [5.41, 5.74) is 2.84. The number of carbonyl (C=O) groups excluding carboxylic acids is 1. The van der Waals surface area contributed by atoms with Crippen molar-refractivity contribution < 1.29 is 9.53 Å². The molecule has 160 valence electrons. The van der Waals surface area contributed by atoms with E-state index in [1.165, 1.54) is 11.1 Å². The summed E-state index contributed by atoms with van der Waals surface area (Å²) in [5.74, 6) is 0. The van der Waals surface area contributed by atoms with Gasteiger partial charge in [-0.15, -0.1) is 0 Å². The van der Waals surface area contributed by atoms with Gasteiger partial charge in [0, 0.05) is 25.3 Å². The van der Waals surface area contributed by atoms with E-state index >= 15 is 0 Å². The van der Waals surface area contributed by atoms with Gasteiger partial charge in [0.05, 0.1) is 6.04 Å². The zero-order chi connectivity index (χ0) is 21.6. The molecule has 0 unspecified atom stereocenters. The molecule has 0 aliphatic carbocycles. The van der Waals surface area contributed by atoms with Crippen LogP contribution in [-0.2, 0) is 17.8 Å². The number of nitrogens with zero attached hydrogens (tertiary/aromatic N) is 2. The van der Waals surface area contributed by atoms with Crippen LogP contribution < -0.4 is 0 Å². The van der Waals surface area contributed by atoms with Gasteiger partial charge >= 0.3 is 6.09 Å². The summed E-state index contributed by atoms with van der Waals surface area (Å²) in [5, 5.41) is 0. The fourth-order valence-corrected chi connectivity index (χ4v) is 3.93. The number of carbonyl (C=O) groups is 1. The Morgan fingerprint density at radius 2 is 1.53 bits per heavy atom. The third-order valence-electron chi connectivity index (χ3n) is 5.35. The number of likely N-dealkylation sites (tertiary alicyclic amines) is 1. The van der Waals surface area contributed by atoms with Crippen molar-refractivity contribution in [1.82, 2.24) is 9.80 Å². The first kappa shape index (κ1) is 22.1. The zero-order valence-electron chi connectivity index (χ0n) is 18.5. The minimum atomic E-state index is -0.521. The van der Waals surface area contributed by atoms with E-state index in [-0.39, 0.29) is 12.1 Å². The minimum absolute atomic E-state index is 0.0837. The second kappa shape index (κ2) is 9.94. The molecule has 0 bridgehead atoms. The number of hydrogen-bond acceptors (Lipinski definition) is 3. The lowest BCUT2D eigenvalue weighted by Gasteiger charge is -2.36. The Kier molecular flexibility index (Phi) is 7.33. The molecule has 1 aliphatic rings. The van der Waals surface area contributed by atoms with Crippen molar-refractivity contribution >= 4 is 6.09 Å². The summed E-state index contributed by atoms with van der Waals surface area (Å²) in [4.78, 5) is 17.1. The van der Waals surface area contributed by atoms with E-state index in [0.29, 0.717) is 6.54 Å². The molecular weight excluding hydrogens is 372 g/mol. The first-order valence-corrected chi connectivity index (χ1v) is 10.8. The fraction of sp³-hybridized carbons (Fsp3) is 0.423. The highest BCUT2D eigenvalue weighted by Gasteiger charge is 2.32. The molecule has 2 aromatic rings. The van der Waals surface area contributed by atoms with Crippen LogP contribution in [0.5, 0.6) is 0 Å². The van der Waals surface area contributed by atoms with Crippen LogP contribution in [-0.4, -0.2) is 34.1 Å². The first-order chi connectivity index (χ1) is 14.3. The molecule has 1 fully saturated rings. The van der Waals surface area contributed by atoms with Gasteiger partial charge in [-0.25, -0.2) is 4.79 Å². The maximum absolute atomic E-state index is 12.9. The molecule has 4 heteroatoms. The summed E-state index contributed by atoms with van der Waals surface area (Å²) < 4.78 is 5.68. The SMILES string of the molecule is C=C1[C@H](N(Cc2ccccc2)Cc2ccccc2)CCCCN1C(=O)OC(C)(C)C. The summed E-state index contributed by atoms with van der Waals surface area (Å²) in [7, 11) is 0. The van der Waals surface area contributed by atoms with Crippen LogP contribution in [0.2, 0.25) is 0 Å². The summed E-state index contributed by atoms with van der Waals surface area (Å²) >= 11 is 0. The molecule has 0 aromatic heterocycles. The van der Waals surface area contributed by atoms with Crippen molar-refractivity contribution in [3.8, 4) is 0 Å². The van der Waals surface area contributed by atoms with Gasteiger partial charge in [-0.1, -0.05) is 67.2 Å². The molecule has 1 saturated heterocycles. The van der Waals surface area contributed by atoms with Crippen LogP contribution in [0, 0.1) is 0 Å². The number of hydrogen-bond donors (Lipinski definition) is 0. The molecule has 1 atom stereocenters. The van der Waals surface area contributed by atoms with E-state index in [0.717, 1.165) is 38.0 Å². The van der Waals surface area contributed by atoms with Crippen LogP contribution in [0.1, 0.15) is 51.2 Å². The Balaban J connectivity index is 1.85. The number of rotatable bonds is 5. The quantitative estimate of drug-likeness (QED) is 0.611. The van der Waals surface area contributed by atoms with Crippen molar-refractivity contribution in [2.75, 3.05) is 6.54 Å². The van der Waals surface area contributed by atoms with E-state index in [2.05, 4.69) is 60.0 Å². The van der Waals surface area contributed by atoms with Crippen LogP contribution >= 0.6 is 0 Å². The minimum Gasteiger partial charge on any atom is -0.443 e. The molecule has 1 aliphatic heterocycles. The lowest BCUT2D eigenvalue weighted by molar-refractivity contribution is 0.0287. The van der Waals surface area contributed by atoms with Gasteiger partial charge in [-0.05, 0) is 51.2 Å². The molecule has 4 nitrogen and oxygen atoms in total. The van der Waals surface area contributed by atoms with Crippen LogP contribution in [0.3, 0.4) is 0 Å². The average Bonchev–Trinajstić information content (AvgIpc) is 2.89. The Morgan fingerprint density at radius 1 is 1.00 bits per heavy atom. The zero-order valence-corrected chi connectivity index (χ0v) is 18.5. The lowest BCUT2D eigenvalue weighted by Crippen LogP contribution is -2.43. The number of ether oxygens (including phenoxy) is 1. The summed E-state index contributed by atoms with van der Waals surface area (Å²) in [6.45, 7) is 12.4. The first-order valence-electron chi connectivity index (χ1n) is 10.8. The van der Waals surface area contributed by atoms with E-state index in [1.807, 2.05) is 32.9 Å². The van der Waals surface area contributed by atoms with Gasteiger partial charge in [-0.2, -0.15) is 0 Å². The normalized spacial score (nSPS) is 17.7. The largest absolute Gasteiger partial charge is 0.443 e. The smallest absolute Gasteiger partial charge is 0.414 e. The van der Waals surface area contributed by atoms with Gasteiger partial charge in [0.1, 0.15) is 5.60 Å². The van der Waals surface area contributed by atoms with Crippen LogP contribution in [0.4, 0.5) is 4.79 Å². The van der Waals surface area contributed by atoms with Gasteiger partial charge < -0.3 is 4.74 Å². The molecule has 1 amide bonds. The molecule has 1 heterocycles. The maximum Gasteiger partial charge on any atom is 0.414 e. The van der Waals surface area contributed by atoms with Gasteiger partial charge in [0.25, 0.3) is 0 Å². The third kappa shape index (κ3) is 6.20. The van der Waals surface area contributed by atoms with E-state index in [4.69, 9.17) is 4.74 Å². The van der Waals surface area contributed by atoms with Crippen molar-refractivity contribution in [1.29, 1.82) is 0 Å². The topological polar surface area (TPSA) is 32.8 Å². The van der Waals surface area contributed by atoms with E-state index in [9.17, 15) is 4.79 Å². The van der Waals surface area contributed by atoms with Crippen molar-refractivity contribution in [2.24, 2.45) is 0 Å². The molecular formula is C26H34N2O2. The third-order valence-corrected chi connectivity index (χ3v) is 5.35. The predicted molar refractivity (Wildman–Crippen MR) is 122 cm³/mol. The van der Waals surface area contributed by atoms with Crippen molar-refractivity contribution in [3.05, 3.63) is 84.1 Å². The monoisotopic (exact) mass is 406 g/mol. The molecule has 0 saturated carbocycles. The maximum atomic E-state index is 12.9.